The Hall–Kier alpha value is -3.56. The molecular weight excluding hydrogens is 396 g/mol. The molecule has 1 heterocycles. The van der Waals surface area contributed by atoms with Crippen molar-refractivity contribution in [1.29, 1.82) is 5.26 Å². The summed E-state index contributed by atoms with van der Waals surface area (Å²) in [6, 6.07) is 23.2. The molecule has 30 heavy (non-hydrogen) atoms. The Morgan fingerprint density at radius 1 is 1.10 bits per heavy atom. The van der Waals surface area contributed by atoms with Crippen LogP contribution in [-0.2, 0) is 9.53 Å². The van der Waals surface area contributed by atoms with Gasteiger partial charge in [-0.3, -0.25) is 0 Å². The predicted octanol–water partition coefficient (Wildman–Crippen LogP) is 5.73. The molecule has 6 heteroatoms. The summed E-state index contributed by atoms with van der Waals surface area (Å²) in [5, 5.41) is 20.3. The lowest BCUT2D eigenvalue weighted by molar-refractivity contribution is -0.137. The van der Waals surface area contributed by atoms with Gasteiger partial charge in [0.25, 0.3) is 0 Å². The summed E-state index contributed by atoms with van der Waals surface area (Å²) in [6.07, 6.45) is 0. The maximum Gasteiger partial charge on any atom is 0.348 e. The number of esters is 1. The zero-order chi connectivity index (χ0) is 21.5. The number of carbonyl (C=O) groups excluding carboxylic acids is 1. The Bertz CT molecular complexity index is 1120. The molecule has 1 N–H and O–H groups in total. The largest absolute Gasteiger partial charge is 0.511 e. The van der Waals surface area contributed by atoms with E-state index >= 15 is 0 Å². The molecule has 3 rings (SSSR count). The highest BCUT2D eigenvalue weighted by atomic mass is 32.2. The number of ether oxygens (including phenoxy) is 1. The Labute approximate surface area is 179 Å². The lowest BCUT2D eigenvalue weighted by Gasteiger charge is -2.14. The molecule has 0 unspecified atom stereocenters. The van der Waals surface area contributed by atoms with Crippen LogP contribution in [-0.4, -0.2) is 22.7 Å². The number of aromatic nitrogens is 1. The van der Waals surface area contributed by atoms with Gasteiger partial charge in [0, 0.05) is 11.1 Å². The van der Waals surface area contributed by atoms with Crippen LogP contribution in [0.3, 0.4) is 0 Å². The van der Waals surface area contributed by atoms with Crippen LogP contribution in [0.2, 0.25) is 0 Å². The average molecular weight is 417 g/mol. The number of thioether (sulfide) groups is 1. The highest BCUT2D eigenvalue weighted by molar-refractivity contribution is 8.04. The molecule has 150 valence electrons. The third kappa shape index (κ3) is 4.70. The van der Waals surface area contributed by atoms with Crippen molar-refractivity contribution < 1.29 is 14.6 Å². The summed E-state index contributed by atoms with van der Waals surface area (Å²) in [5.41, 5.74) is 3.43. The van der Waals surface area contributed by atoms with Crippen molar-refractivity contribution in [2.45, 2.75) is 18.9 Å². The molecule has 1 aromatic heterocycles. The van der Waals surface area contributed by atoms with Gasteiger partial charge >= 0.3 is 5.97 Å². The quantitative estimate of drug-likeness (QED) is 0.239. The van der Waals surface area contributed by atoms with Crippen molar-refractivity contribution in [2.75, 3.05) is 6.61 Å². The monoisotopic (exact) mass is 416 g/mol. The highest BCUT2D eigenvalue weighted by Gasteiger charge is 2.22. The van der Waals surface area contributed by atoms with E-state index in [0.717, 1.165) is 22.9 Å². The van der Waals surface area contributed by atoms with Crippen molar-refractivity contribution in [2.24, 2.45) is 0 Å². The topological polar surface area (TPSA) is 83.2 Å². The van der Waals surface area contributed by atoms with Gasteiger partial charge in [-0.1, -0.05) is 72.4 Å². The lowest BCUT2D eigenvalue weighted by atomic mass is 9.99. The minimum absolute atomic E-state index is 0.00470. The number of hydrogen-bond acceptors (Lipinski definition) is 6. The van der Waals surface area contributed by atoms with Gasteiger partial charge in [-0.15, -0.1) is 0 Å². The van der Waals surface area contributed by atoms with Crippen LogP contribution < -0.4 is 0 Å². The minimum Gasteiger partial charge on any atom is -0.511 e. The van der Waals surface area contributed by atoms with Crippen molar-refractivity contribution in [1.82, 2.24) is 4.98 Å². The predicted molar refractivity (Wildman–Crippen MR) is 118 cm³/mol. The molecule has 0 atom stereocenters. The number of nitriles is 1. The fourth-order valence-electron chi connectivity index (χ4n) is 2.86. The Morgan fingerprint density at radius 3 is 2.23 bits per heavy atom. The van der Waals surface area contributed by atoms with Gasteiger partial charge in [0.05, 0.1) is 17.9 Å². The molecule has 0 spiro atoms. The van der Waals surface area contributed by atoms with Crippen molar-refractivity contribution in [3.8, 4) is 28.5 Å². The van der Waals surface area contributed by atoms with E-state index in [4.69, 9.17) is 4.74 Å². The zero-order valence-corrected chi connectivity index (χ0v) is 17.4. The first kappa shape index (κ1) is 21.2. The molecule has 5 nitrogen and oxygen atoms in total. The van der Waals surface area contributed by atoms with E-state index in [1.807, 2.05) is 66.7 Å². The maximum absolute atomic E-state index is 12.3. The van der Waals surface area contributed by atoms with Gasteiger partial charge in [-0.25, -0.2) is 9.78 Å². The normalized spacial score (nSPS) is 11.4. The minimum atomic E-state index is -0.653. The van der Waals surface area contributed by atoms with Crippen molar-refractivity contribution >= 4 is 17.7 Å². The highest BCUT2D eigenvalue weighted by Crippen LogP contribution is 2.37. The third-order valence-electron chi connectivity index (χ3n) is 4.24. The molecule has 0 radical (unpaired) electrons. The molecule has 0 bridgehead atoms. The van der Waals surface area contributed by atoms with E-state index in [1.165, 1.54) is 6.92 Å². The van der Waals surface area contributed by atoms with Crippen LogP contribution >= 0.6 is 11.8 Å². The standard InChI is InChI=1S/C24H20N2O3S/c1-3-29-24(28)22(16(2)27)30-23-20(15-25)19(17-10-6-4-7-11-17)14-21(26-23)18-12-8-5-9-13-18/h4-14,27H,3H2,1-2H3. The second kappa shape index (κ2) is 9.77. The van der Waals surface area contributed by atoms with Crippen LogP contribution in [0.1, 0.15) is 19.4 Å². The Balaban J connectivity index is 2.22. The summed E-state index contributed by atoms with van der Waals surface area (Å²) in [6.45, 7) is 3.27. The molecule has 3 aromatic rings. The number of benzene rings is 2. The van der Waals surface area contributed by atoms with Gasteiger partial charge in [-0.05, 0) is 25.5 Å². The Morgan fingerprint density at radius 2 is 1.70 bits per heavy atom. The fourth-order valence-corrected chi connectivity index (χ4v) is 3.75. The molecule has 0 aliphatic rings. The summed E-state index contributed by atoms with van der Waals surface area (Å²) < 4.78 is 5.05. The SMILES string of the molecule is CCOC(=O)C(Sc1nc(-c2ccccc2)cc(-c2ccccc2)c1C#N)=C(C)O. The number of aliphatic hydroxyl groups is 1. The average Bonchev–Trinajstić information content (AvgIpc) is 2.78. The Kier molecular flexibility index (Phi) is 6.89. The van der Waals surface area contributed by atoms with E-state index in [-0.39, 0.29) is 17.3 Å². The van der Waals surface area contributed by atoms with Gasteiger partial charge in [-0.2, -0.15) is 5.26 Å². The number of rotatable bonds is 6. The van der Waals surface area contributed by atoms with Gasteiger partial charge in [0.2, 0.25) is 0 Å². The van der Waals surface area contributed by atoms with Crippen LogP contribution in [0.4, 0.5) is 0 Å². The van der Waals surface area contributed by atoms with E-state index in [2.05, 4.69) is 11.1 Å². The first-order valence-corrected chi connectivity index (χ1v) is 10.2. The van der Waals surface area contributed by atoms with E-state index in [9.17, 15) is 15.2 Å². The van der Waals surface area contributed by atoms with Gasteiger partial charge in [0.1, 0.15) is 21.8 Å². The summed E-state index contributed by atoms with van der Waals surface area (Å²) in [4.78, 5) is 17.0. The fraction of sp³-hybridized carbons (Fsp3) is 0.125. The molecule has 0 aliphatic heterocycles. The van der Waals surface area contributed by atoms with Gasteiger partial charge < -0.3 is 9.84 Å². The summed E-state index contributed by atoms with van der Waals surface area (Å²) in [5.74, 6) is -0.838. The number of allylic oxidation sites excluding steroid dienone is 1. The van der Waals surface area contributed by atoms with E-state index in [1.54, 1.807) is 6.92 Å². The van der Waals surface area contributed by atoms with Gasteiger partial charge in [0.15, 0.2) is 0 Å². The molecule has 0 fully saturated rings. The molecule has 0 saturated carbocycles. The van der Waals surface area contributed by atoms with E-state index in [0.29, 0.717) is 21.8 Å². The first-order chi connectivity index (χ1) is 14.5. The molecule has 0 aliphatic carbocycles. The third-order valence-corrected chi connectivity index (χ3v) is 5.40. The lowest BCUT2D eigenvalue weighted by Crippen LogP contribution is -2.08. The van der Waals surface area contributed by atoms with Crippen LogP contribution in [0.15, 0.2) is 82.4 Å². The number of carbonyl (C=O) groups is 1. The first-order valence-electron chi connectivity index (χ1n) is 9.36. The van der Waals surface area contributed by atoms with Crippen LogP contribution in [0, 0.1) is 11.3 Å². The van der Waals surface area contributed by atoms with E-state index < -0.39 is 5.97 Å². The number of nitrogens with zero attached hydrogens (tertiary/aromatic N) is 2. The number of aliphatic hydroxyl groups excluding tert-OH is 1. The number of hydrogen-bond donors (Lipinski definition) is 1. The smallest absolute Gasteiger partial charge is 0.348 e. The second-order valence-electron chi connectivity index (χ2n) is 6.32. The summed E-state index contributed by atoms with van der Waals surface area (Å²) >= 11 is 0.935. The molecular formula is C24H20N2O3S. The molecule has 0 amide bonds. The van der Waals surface area contributed by atoms with Crippen LogP contribution in [0.5, 0.6) is 0 Å². The zero-order valence-electron chi connectivity index (χ0n) is 16.6. The maximum atomic E-state index is 12.3. The molecule has 2 aromatic carbocycles. The summed E-state index contributed by atoms with van der Waals surface area (Å²) in [7, 11) is 0. The molecule has 0 saturated heterocycles. The number of pyridine rings is 1. The van der Waals surface area contributed by atoms with Crippen molar-refractivity contribution in [3.63, 3.8) is 0 Å². The van der Waals surface area contributed by atoms with Crippen LogP contribution in [0.25, 0.3) is 22.4 Å². The second-order valence-corrected chi connectivity index (χ2v) is 7.32. The van der Waals surface area contributed by atoms with Crippen molar-refractivity contribution in [3.05, 3.63) is 83.0 Å².